The van der Waals surface area contributed by atoms with Crippen LogP contribution in [-0.4, -0.2) is 52.7 Å². The van der Waals surface area contributed by atoms with Crippen molar-refractivity contribution in [3.8, 4) is 0 Å². The zero-order valence-corrected chi connectivity index (χ0v) is 25.1. The summed E-state index contributed by atoms with van der Waals surface area (Å²) in [4.78, 5) is 20.0. The number of pyridine rings is 1. The van der Waals surface area contributed by atoms with Crippen LogP contribution < -0.4 is 5.32 Å². The van der Waals surface area contributed by atoms with E-state index in [1.165, 1.54) is 31.4 Å². The summed E-state index contributed by atoms with van der Waals surface area (Å²) in [5, 5.41) is 14.2. The predicted molar refractivity (Wildman–Crippen MR) is 158 cm³/mol. The number of hydrogen-bond donors (Lipinski definition) is 2. The topological polar surface area (TPSA) is 65.5 Å². The van der Waals surface area contributed by atoms with E-state index >= 15 is 0 Å². The van der Waals surface area contributed by atoms with Crippen LogP contribution in [0.25, 0.3) is 0 Å². The smallest absolute Gasteiger partial charge is 0.220 e. The number of carbonyl (C=O) groups excluding carboxylic acids is 1. The van der Waals surface area contributed by atoms with E-state index in [0.29, 0.717) is 35.6 Å². The van der Waals surface area contributed by atoms with E-state index in [0.717, 1.165) is 64.6 Å². The van der Waals surface area contributed by atoms with E-state index in [4.69, 9.17) is 0 Å². The largest absolute Gasteiger partial charge is 0.393 e. The third kappa shape index (κ3) is 6.15. The molecule has 1 saturated heterocycles. The molecule has 0 radical (unpaired) electrons. The summed E-state index contributed by atoms with van der Waals surface area (Å²) in [6.45, 7) is 12.7. The summed E-state index contributed by atoms with van der Waals surface area (Å²) in [6.07, 6.45) is 14.6. The summed E-state index contributed by atoms with van der Waals surface area (Å²) >= 11 is 0. The Labute approximate surface area is 237 Å². The fourth-order valence-electron chi connectivity index (χ4n) is 9.30. The van der Waals surface area contributed by atoms with Crippen LogP contribution in [0.1, 0.15) is 104 Å². The zero-order chi connectivity index (χ0) is 27.6. The van der Waals surface area contributed by atoms with Gasteiger partial charge >= 0.3 is 0 Å². The number of aliphatic hydroxyl groups is 1. The summed E-state index contributed by atoms with van der Waals surface area (Å²) in [5.41, 5.74) is 4.65. The molecule has 1 aromatic heterocycles. The first kappa shape index (κ1) is 28.8. The number of allylic oxidation sites excluding steroid dienone is 2. The Balaban J connectivity index is 1.08. The van der Waals surface area contributed by atoms with Crippen LogP contribution in [0.3, 0.4) is 0 Å². The van der Waals surface area contributed by atoms with Gasteiger partial charge in [-0.05, 0) is 125 Å². The minimum Gasteiger partial charge on any atom is -0.393 e. The Bertz CT molecular complexity index is 1010. The fraction of sp³-hybridized carbons (Fsp3) is 0.765. The van der Waals surface area contributed by atoms with Crippen molar-refractivity contribution in [3.63, 3.8) is 0 Å². The molecular weight excluding hydrogens is 482 g/mol. The molecule has 5 nitrogen and oxygen atoms in total. The number of rotatable bonds is 8. The molecule has 1 aliphatic heterocycles. The maximum absolute atomic E-state index is 13.1. The third-order valence-corrected chi connectivity index (χ3v) is 11.6. The van der Waals surface area contributed by atoms with Crippen LogP contribution in [0.2, 0.25) is 0 Å². The number of nitrogens with one attached hydrogen (secondary N) is 1. The molecule has 4 aliphatic rings. The van der Waals surface area contributed by atoms with Crippen molar-refractivity contribution in [2.45, 2.75) is 117 Å². The van der Waals surface area contributed by atoms with Gasteiger partial charge in [-0.15, -0.1) is 0 Å². The van der Waals surface area contributed by atoms with Crippen LogP contribution in [0, 0.1) is 28.6 Å². The molecule has 5 atom stereocenters. The average Bonchev–Trinajstić information content (AvgIpc) is 2.92. The maximum atomic E-state index is 13.1. The highest BCUT2D eigenvalue weighted by molar-refractivity contribution is 5.76. The van der Waals surface area contributed by atoms with Gasteiger partial charge in [0.2, 0.25) is 5.91 Å². The number of amides is 1. The monoisotopic (exact) mass is 535 g/mol. The van der Waals surface area contributed by atoms with Crippen molar-refractivity contribution in [1.29, 1.82) is 0 Å². The number of hydrogen-bond acceptors (Lipinski definition) is 4. The normalized spacial score (nSPS) is 33.4. The van der Waals surface area contributed by atoms with Crippen LogP contribution in [-0.2, 0) is 11.2 Å². The molecule has 2 saturated carbocycles. The number of aromatic nitrogens is 1. The van der Waals surface area contributed by atoms with Gasteiger partial charge in [-0.1, -0.05) is 38.0 Å². The van der Waals surface area contributed by atoms with E-state index in [1.54, 1.807) is 11.1 Å². The molecule has 1 amide bonds. The minimum atomic E-state index is -0.172. The molecule has 39 heavy (non-hydrogen) atoms. The number of carbonyl (C=O) groups is 1. The number of nitrogens with zero attached hydrogens (tertiary/aromatic N) is 2. The summed E-state index contributed by atoms with van der Waals surface area (Å²) < 4.78 is 0. The van der Waals surface area contributed by atoms with E-state index in [9.17, 15) is 9.90 Å². The van der Waals surface area contributed by atoms with Gasteiger partial charge in [-0.25, -0.2) is 0 Å². The maximum Gasteiger partial charge on any atom is 0.220 e. The molecule has 2 N–H and O–H groups in total. The van der Waals surface area contributed by atoms with Crippen molar-refractivity contribution in [2.75, 3.05) is 19.6 Å². The molecule has 0 spiro atoms. The second-order valence-corrected chi connectivity index (χ2v) is 14.2. The number of piperidine rings is 1. The van der Waals surface area contributed by atoms with Crippen molar-refractivity contribution >= 4 is 5.91 Å². The Hall–Kier alpha value is -1.72. The molecule has 3 unspecified atom stereocenters. The van der Waals surface area contributed by atoms with Gasteiger partial charge < -0.3 is 15.3 Å². The number of fused-ring (bicyclic) bond motifs is 3. The van der Waals surface area contributed by atoms with Crippen molar-refractivity contribution < 1.29 is 9.90 Å². The molecular formula is C34H53N3O2. The van der Waals surface area contributed by atoms with Gasteiger partial charge in [0.15, 0.2) is 0 Å². The van der Waals surface area contributed by atoms with Gasteiger partial charge in [0, 0.05) is 37.4 Å². The Morgan fingerprint density at radius 3 is 2.62 bits per heavy atom. The lowest BCUT2D eigenvalue weighted by Gasteiger charge is -2.62. The van der Waals surface area contributed by atoms with Crippen LogP contribution >= 0.6 is 0 Å². The zero-order valence-electron chi connectivity index (χ0n) is 25.1. The number of likely N-dealkylation sites (tertiary alicyclic amines) is 1. The molecule has 2 heterocycles. The summed E-state index contributed by atoms with van der Waals surface area (Å²) in [7, 11) is 0. The average molecular weight is 536 g/mol. The highest BCUT2D eigenvalue weighted by Gasteiger charge is 2.58. The quantitative estimate of drug-likeness (QED) is 0.383. The first-order chi connectivity index (χ1) is 18.7. The molecule has 3 fully saturated rings. The van der Waals surface area contributed by atoms with Crippen molar-refractivity contribution in [1.82, 2.24) is 15.2 Å². The van der Waals surface area contributed by atoms with Crippen LogP contribution in [0.15, 0.2) is 35.5 Å². The van der Waals surface area contributed by atoms with Gasteiger partial charge in [0.25, 0.3) is 0 Å². The molecule has 0 aromatic carbocycles. The van der Waals surface area contributed by atoms with E-state index < -0.39 is 0 Å². The summed E-state index contributed by atoms with van der Waals surface area (Å²) in [5.74, 6) is 2.17. The number of aliphatic hydroxyl groups excluding tert-OH is 1. The van der Waals surface area contributed by atoms with Crippen molar-refractivity contribution in [2.24, 2.45) is 28.6 Å². The van der Waals surface area contributed by atoms with Gasteiger partial charge in [0.1, 0.15) is 0 Å². The first-order valence-electron chi connectivity index (χ1n) is 16.0. The SMILES string of the molecule is CC1=C(CCC(=O)NC2CCN(CCCc3ccccn3)CC2)C2CCC3C(C)(C)[C@@H](O)CC[C@]3(C)C2CC1. The molecule has 216 valence electrons. The van der Waals surface area contributed by atoms with E-state index in [2.05, 4.69) is 55.0 Å². The minimum absolute atomic E-state index is 0.00288. The van der Waals surface area contributed by atoms with Crippen LogP contribution in [0.4, 0.5) is 0 Å². The lowest BCUT2D eigenvalue weighted by atomic mass is 9.43. The highest BCUT2D eigenvalue weighted by Crippen LogP contribution is 2.64. The lowest BCUT2D eigenvalue weighted by Crippen LogP contribution is -2.56. The van der Waals surface area contributed by atoms with Crippen molar-refractivity contribution in [3.05, 3.63) is 41.2 Å². The Kier molecular flexibility index (Phi) is 8.88. The number of aryl methyl sites for hydroxylation is 1. The van der Waals surface area contributed by atoms with Gasteiger partial charge in [-0.3, -0.25) is 9.78 Å². The molecule has 0 bridgehead atoms. The Morgan fingerprint density at radius 1 is 1.08 bits per heavy atom. The molecule has 5 heteroatoms. The second kappa shape index (κ2) is 12.0. The third-order valence-electron chi connectivity index (χ3n) is 11.6. The van der Waals surface area contributed by atoms with Gasteiger partial charge in [-0.2, -0.15) is 0 Å². The van der Waals surface area contributed by atoms with E-state index in [1.807, 2.05) is 12.3 Å². The standard InChI is InChI=1S/C34H53N3O2/c1-24-10-13-29-28(11-14-30-33(2,3)31(38)16-19-34(29,30)4)27(24)12-15-32(39)36-26-17-22-37(23-18-26)21-7-9-25-8-5-6-20-35-25/h5-6,8,20,26,28-31,38H,7,9-19,21-23H2,1-4H3,(H,36,39)/t28?,29?,30?,31-,34+/m0/s1. The molecule has 3 aliphatic carbocycles. The highest BCUT2D eigenvalue weighted by atomic mass is 16.3. The fourth-order valence-corrected chi connectivity index (χ4v) is 9.30. The predicted octanol–water partition coefficient (Wildman–Crippen LogP) is 6.31. The molecule has 1 aromatic rings. The second-order valence-electron chi connectivity index (χ2n) is 14.2. The van der Waals surface area contributed by atoms with Gasteiger partial charge in [0.05, 0.1) is 6.10 Å². The lowest BCUT2D eigenvalue weighted by molar-refractivity contribution is -0.149. The first-order valence-corrected chi connectivity index (χ1v) is 16.0. The Morgan fingerprint density at radius 2 is 1.87 bits per heavy atom. The van der Waals surface area contributed by atoms with E-state index in [-0.39, 0.29) is 17.4 Å². The summed E-state index contributed by atoms with van der Waals surface area (Å²) in [6, 6.07) is 6.47. The molecule has 5 rings (SSSR count). The van der Waals surface area contributed by atoms with Crippen LogP contribution in [0.5, 0.6) is 0 Å².